The molecular formula is C59H74ClF3N8O4. The lowest BCUT2D eigenvalue weighted by Gasteiger charge is -2.57. The molecular weight excluding hydrogens is 977 g/mol. The van der Waals surface area contributed by atoms with E-state index in [-0.39, 0.29) is 71.8 Å². The lowest BCUT2D eigenvalue weighted by atomic mass is 9.54. The standard InChI is InChI=1S/C59H74ClF3N8O4/c1-10-57-51-28-42(26-38-14-12-11-13-15-38)54(57)68(6)36(2)31-64-50-29-44(27-39-16-21-43(60)22-17-39)69(7)55-47(35-73-9)66-53(58(50,55)56(57)72)37(3)71(51)33-41-20-25-46(75-59(61,62)63)30-49(41)74-45-23-18-40(19-24-45)48-32-65-52(70(48)8)34-67(4)5/h11-25,30,32,36-37,42,44,47,50-51,53-55,64,66H,10,26-29,31,33-35H2,1-9H3/t36-,37-,42+,44-,47+,50?,51?,53?,54?,55?,57?,58?/m0/s1. The second-order valence-electron chi connectivity index (χ2n) is 22.5. The fraction of sp³-hybridized carbons (Fsp3) is 0.525. The third kappa shape index (κ3) is 9.72. The van der Waals surface area contributed by atoms with Crippen molar-refractivity contribution < 1.29 is 32.2 Å². The van der Waals surface area contributed by atoms with Crippen LogP contribution in [0.3, 0.4) is 0 Å². The van der Waals surface area contributed by atoms with E-state index < -0.39 is 17.2 Å². The molecule has 5 fully saturated rings. The number of likely N-dealkylation sites (tertiary alicyclic amines) is 2. The monoisotopic (exact) mass is 1050 g/mol. The number of carbonyl (C=O) groups excluding carboxylic acids is 1. The molecule has 5 aromatic rings. The number of aromatic nitrogens is 2. The summed E-state index contributed by atoms with van der Waals surface area (Å²) in [6.45, 7) is 8.88. The van der Waals surface area contributed by atoms with Gasteiger partial charge in [0.25, 0.3) is 0 Å². The van der Waals surface area contributed by atoms with Crippen molar-refractivity contribution >= 4 is 17.4 Å². The van der Waals surface area contributed by atoms with E-state index in [9.17, 15) is 13.2 Å². The van der Waals surface area contributed by atoms with Crippen LogP contribution in [0, 0.1) is 16.7 Å². The highest BCUT2D eigenvalue weighted by Crippen LogP contribution is 2.63. The molecule has 4 saturated heterocycles. The van der Waals surface area contributed by atoms with E-state index in [4.69, 9.17) is 21.1 Å². The molecule has 4 aromatic carbocycles. The molecule has 12 nitrogen and oxygen atoms in total. The van der Waals surface area contributed by atoms with Crippen molar-refractivity contribution in [1.29, 1.82) is 0 Å². The fourth-order valence-corrected chi connectivity index (χ4v) is 15.0. The van der Waals surface area contributed by atoms with Crippen molar-refractivity contribution in [3.63, 3.8) is 0 Å². The van der Waals surface area contributed by atoms with Gasteiger partial charge >= 0.3 is 6.36 Å². The molecule has 402 valence electrons. The Morgan fingerprint density at radius 2 is 1.59 bits per heavy atom. The summed E-state index contributed by atoms with van der Waals surface area (Å²) in [4.78, 5) is 31.8. The molecule has 1 aliphatic carbocycles. The number of halogens is 4. The third-order valence-corrected chi connectivity index (χ3v) is 18.4. The molecule has 0 amide bonds. The molecule has 4 aliphatic heterocycles. The Morgan fingerprint density at radius 3 is 2.27 bits per heavy atom. The Labute approximate surface area is 445 Å². The predicted molar refractivity (Wildman–Crippen MR) is 287 cm³/mol. The Morgan fingerprint density at radius 1 is 0.880 bits per heavy atom. The SMILES string of the molecule is CCC12C(=O)C34C5C[C@H](Cc6ccc(Cl)cc6)N(C)C3[C@@H](COC)NC4[C@H](C)N(Cc3ccc(OC(F)(F)F)cc3Oc3ccc(-c4cnc(CN(C)C)n4C)cc3)C1C[C@@H](Cc1ccccc1)C2N(C)[C@@H](C)CN5. The van der Waals surface area contributed by atoms with Crippen LogP contribution in [-0.2, 0) is 42.5 Å². The number of Topliss-reactive ketones (excluding diaryl/α,β-unsaturated/α-hetero) is 1. The minimum absolute atomic E-state index is 0.0900. The molecule has 1 aromatic heterocycles. The van der Waals surface area contributed by atoms with Crippen LogP contribution in [0.5, 0.6) is 17.2 Å². The summed E-state index contributed by atoms with van der Waals surface area (Å²) in [5.74, 6) is 1.65. The van der Waals surface area contributed by atoms with Gasteiger partial charge in [-0.15, -0.1) is 13.2 Å². The lowest BCUT2D eigenvalue weighted by molar-refractivity contribution is -0.274. The molecule has 2 N–H and O–H groups in total. The Kier molecular flexibility index (Phi) is 15.1. The number of hydrogen-bond donors (Lipinski definition) is 2. The van der Waals surface area contributed by atoms with Crippen LogP contribution in [0.15, 0.2) is 103 Å². The fourth-order valence-electron chi connectivity index (χ4n) is 14.9. The van der Waals surface area contributed by atoms with E-state index in [1.807, 2.05) is 69.8 Å². The van der Waals surface area contributed by atoms with Gasteiger partial charge in [0.15, 0.2) is 5.78 Å². The van der Waals surface area contributed by atoms with Crippen molar-refractivity contribution in [1.82, 2.24) is 39.8 Å². The zero-order valence-corrected chi connectivity index (χ0v) is 45.5. The summed E-state index contributed by atoms with van der Waals surface area (Å²) >= 11 is 6.40. The average molecular weight is 1050 g/mol. The number of carbonyl (C=O) groups is 1. The van der Waals surface area contributed by atoms with Gasteiger partial charge in [-0.3, -0.25) is 19.5 Å². The molecule has 1 spiro atoms. The summed E-state index contributed by atoms with van der Waals surface area (Å²) in [5.41, 5.74) is 3.18. The van der Waals surface area contributed by atoms with Crippen molar-refractivity contribution in [2.24, 2.45) is 23.8 Å². The Balaban J connectivity index is 1.11. The topological polar surface area (TPSA) is 99.6 Å². The summed E-state index contributed by atoms with van der Waals surface area (Å²) in [6, 6.07) is 29.4. The summed E-state index contributed by atoms with van der Waals surface area (Å²) in [5, 5.41) is 9.00. The molecule has 2 bridgehead atoms. The van der Waals surface area contributed by atoms with Gasteiger partial charge in [-0.1, -0.05) is 67.1 Å². The quantitative estimate of drug-likeness (QED) is 0.105. The second-order valence-corrected chi connectivity index (χ2v) is 23.0. The van der Waals surface area contributed by atoms with E-state index in [1.165, 1.54) is 23.3 Å². The number of hydrogen-bond acceptors (Lipinski definition) is 11. The number of alkyl halides is 3. The average Bonchev–Trinajstić information content (AvgIpc) is 4.05. The second kappa shape index (κ2) is 21.2. The van der Waals surface area contributed by atoms with E-state index in [1.54, 1.807) is 13.2 Å². The number of benzene rings is 4. The van der Waals surface area contributed by atoms with Gasteiger partial charge in [-0.05, 0) is 134 Å². The van der Waals surface area contributed by atoms with Gasteiger partial charge < -0.3 is 34.3 Å². The van der Waals surface area contributed by atoms with Crippen LogP contribution < -0.4 is 20.1 Å². The first-order valence-electron chi connectivity index (χ1n) is 26.7. The van der Waals surface area contributed by atoms with Crippen molar-refractivity contribution in [2.75, 3.05) is 48.5 Å². The predicted octanol–water partition coefficient (Wildman–Crippen LogP) is 9.24. The zero-order chi connectivity index (χ0) is 53.1. The number of nitrogens with zero attached hydrogens (tertiary/aromatic N) is 6. The molecule has 1 saturated carbocycles. The van der Waals surface area contributed by atoms with Gasteiger partial charge in [-0.2, -0.15) is 0 Å². The number of imidazole rings is 1. The maximum absolute atomic E-state index is 17.5. The number of likely N-dealkylation sites (N-methyl/N-ethyl adjacent to an activating group) is 2. The minimum Gasteiger partial charge on any atom is -0.457 e. The highest BCUT2D eigenvalue weighted by atomic mass is 35.5. The Bertz CT molecular complexity index is 2800. The van der Waals surface area contributed by atoms with Crippen molar-refractivity contribution in [2.45, 2.75) is 127 Å². The summed E-state index contributed by atoms with van der Waals surface area (Å²) in [7, 11) is 12.2. The van der Waals surface area contributed by atoms with E-state index in [0.29, 0.717) is 54.8 Å². The van der Waals surface area contributed by atoms with E-state index in [2.05, 4.69) is 116 Å². The molecule has 10 rings (SSSR count). The van der Waals surface area contributed by atoms with Crippen LogP contribution in [0.4, 0.5) is 13.2 Å². The van der Waals surface area contributed by atoms with Crippen LogP contribution in [0.1, 0.15) is 62.5 Å². The van der Waals surface area contributed by atoms with Gasteiger partial charge in [-0.25, -0.2) is 4.98 Å². The molecule has 16 heteroatoms. The minimum atomic E-state index is -4.92. The molecule has 0 radical (unpaired) electrons. The lowest BCUT2D eigenvalue weighted by Crippen LogP contribution is -2.73. The number of ketones is 1. The number of ether oxygens (including phenoxy) is 3. The first-order valence-corrected chi connectivity index (χ1v) is 27.1. The van der Waals surface area contributed by atoms with Crippen molar-refractivity contribution in [3.8, 4) is 28.5 Å². The number of rotatable bonds is 15. The Hall–Kier alpha value is -4.84. The van der Waals surface area contributed by atoms with Crippen molar-refractivity contribution in [3.05, 3.63) is 131 Å². The first kappa shape index (κ1) is 53.6. The first-order chi connectivity index (χ1) is 35.9. The third-order valence-electron chi connectivity index (χ3n) is 18.2. The van der Waals surface area contributed by atoms with Gasteiger partial charge in [0.1, 0.15) is 23.1 Å². The molecule has 5 aliphatic rings. The van der Waals surface area contributed by atoms with E-state index in [0.717, 1.165) is 42.8 Å². The zero-order valence-electron chi connectivity index (χ0n) is 44.8. The maximum Gasteiger partial charge on any atom is 0.573 e. The normalized spacial score (nSPS) is 31.2. The van der Waals surface area contributed by atoms with Crippen LogP contribution in [-0.4, -0.2) is 144 Å². The number of piperidine rings is 1. The molecule has 7 unspecified atom stereocenters. The van der Waals surface area contributed by atoms with Crippen LogP contribution in [0.25, 0.3) is 11.3 Å². The number of nitrogens with one attached hydrogen (secondary N) is 2. The smallest absolute Gasteiger partial charge is 0.457 e. The summed E-state index contributed by atoms with van der Waals surface area (Å²) < 4.78 is 61.5. The van der Waals surface area contributed by atoms with Crippen LogP contribution in [0.2, 0.25) is 5.02 Å². The van der Waals surface area contributed by atoms with Gasteiger partial charge in [0.05, 0.1) is 35.9 Å². The van der Waals surface area contributed by atoms with Crippen LogP contribution >= 0.6 is 11.6 Å². The largest absolute Gasteiger partial charge is 0.573 e. The highest BCUT2D eigenvalue weighted by molar-refractivity contribution is 6.30. The summed E-state index contributed by atoms with van der Waals surface area (Å²) in [6.07, 6.45) is 0.621. The van der Waals surface area contributed by atoms with Gasteiger partial charge in [0.2, 0.25) is 0 Å². The van der Waals surface area contributed by atoms with Gasteiger partial charge in [0, 0.05) is 104 Å². The highest BCUT2D eigenvalue weighted by Gasteiger charge is 2.77. The maximum atomic E-state index is 17.5. The molecule has 12 atom stereocenters. The number of methoxy groups -OCH3 is 1. The van der Waals surface area contributed by atoms with E-state index >= 15 is 4.79 Å². The molecule has 5 heterocycles. The molecule has 75 heavy (non-hydrogen) atoms.